The zero-order chi connectivity index (χ0) is 22.1. The SMILES string of the molecule is CC(Nc1ccc(S(=O)(=O)C(C)(C)C)nc1)c1cc(F)ccc1N1CCC(O)CC1. The molecule has 8 heteroatoms. The number of hydrogen-bond donors (Lipinski definition) is 2. The number of aromatic nitrogens is 1. The molecule has 2 aromatic rings. The molecular weight excluding hydrogens is 405 g/mol. The third-order valence-corrected chi connectivity index (χ3v) is 7.87. The molecule has 0 bridgehead atoms. The van der Waals surface area contributed by atoms with Gasteiger partial charge in [0.05, 0.1) is 28.8 Å². The average molecular weight is 436 g/mol. The van der Waals surface area contributed by atoms with Crippen LogP contribution in [0.5, 0.6) is 0 Å². The fourth-order valence-electron chi connectivity index (χ4n) is 3.53. The predicted molar refractivity (Wildman–Crippen MR) is 117 cm³/mol. The lowest BCUT2D eigenvalue weighted by Crippen LogP contribution is -2.36. The van der Waals surface area contributed by atoms with E-state index >= 15 is 0 Å². The minimum absolute atomic E-state index is 0.0338. The number of benzene rings is 1. The molecule has 30 heavy (non-hydrogen) atoms. The quantitative estimate of drug-likeness (QED) is 0.741. The van der Waals surface area contributed by atoms with E-state index in [0.717, 1.165) is 11.3 Å². The summed E-state index contributed by atoms with van der Waals surface area (Å²) in [5.41, 5.74) is 2.39. The zero-order valence-corrected chi connectivity index (χ0v) is 18.7. The molecule has 1 aliphatic heterocycles. The predicted octanol–water partition coefficient (Wildman–Crippen LogP) is 3.93. The van der Waals surface area contributed by atoms with Crippen molar-refractivity contribution < 1.29 is 17.9 Å². The van der Waals surface area contributed by atoms with E-state index < -0.39 is 14.6 Å². The number of nitrogens with zero attached hydrogens (tertiary/aromatic N) is 2. The van der Waals surface area contributed by atoms with E-state index in [1.54, 1.807) is 32.9 Å². The van der Waals surface area contributed by atoms with Crippen molar-refractivity contribution >= 4 is 21.2 Å². The van der Waals surface area contributed by atoms with Crippen LogP contribution in [0.2, 0.25) is 0 Å². The van der Waals surface area contributed by atoms with E-state index in [2.05, 4.69) is 15.2 Å². The summed E-state index contributed by atoms with van der Waals surface area (Å²) in [6, 6.07) is 7.69. The van der Waals surface area contributed by atoms with Gasteiger partial charge in [-0.25, -0.2) is 17.8 Å². The van der Waals surface area contributed by atoms with E-state index in [0.29, 0.717) is 31.6 Å². The van der Waals surface area contributed by atoms with Crippen LogP contribution in [0.15, 0.2) is 41.6 Å². The maximum absolute atomic E-state index is 14.0. The molecule has 2 N–H and O–H groups in total. The second-order valence-electron chi connectivity index (χ2n) is 8.79. The van der Waals surface area contributed by atoms with Crippen molar-refractivity contribution in [2.24, 2.45) is 0 Å². The van der Waals surface area contributed by atoms with E-state index in [9.17, 15) is 17.9 Å². The van der Waals surface area contributed by atoms with Crippen molar-refractivity contribution in [3.8, 4) is 0 Å². The fraction of sp³-hybridized carbons (Fsp3) is 0.500. The molecule has 1 aromatic carbocycles. The normalized spacial score (nSPS) is 17.1. The number of aliphatic hydroxyl groups is 1. The number of pyridine rings is 1. The van der Waals surface area contributed by atoms with Crippen LogP contribution < -0.4 is 10.2 Å². The Kier molecular flexibility index (Phi) is 6.38. The Hall–Kier alpha value is -2.19. The first-order chi connectivity index (χ1) is 14.0. The van der Waals surface area contributed by atoms with Gasteiger partial charge >= 0.3 is 0 Å². The second kappa shape index (κ2) is 8.51. The molecule has 3 rings (SSSR count). The van der Waals surface area contributed by atoms with Gasteiger partial charge in [0.2, 0.25) is 0 Å². The van der Waals surface area contributed by atoms with E-state index in [4.69, 9.17) is 0 Å². The van der Waals surface area contributed by atoms with Crippen LogP contribution in [0, 0.1) is 5.82 Å². The lowest BCUT2D eigenvalue weighted by atomic mass is 10.0. The van der Waals surface area contributed by atoms with E-state index in [1.807, 2.05) is 6.92 Å². The molecule has 0 saturated carbocycles. The summed E-state index contributed by atoms with van der Waals surface area (Å²) >= 11 is 0. The lowest BCUT2D eigenvalue weighted by molar-refractivity contribution is 0.145. The fourth-order valence-corrected chi connectivity index (χ4v) is 4.60. The smallest absolute Gasteiger partial charge is 0.200 e. The van der Waals surface area contributed by atoms with Crippen LogP contribution in [0.3, 0.4) is 0 Å². The van der Waals surface area contributed by atoms with Gasteiger partial charge in [0.15, 0.2) is 14.9 Å². The van der Waals surface area contributed by atoms with Crippen LogP contribution in [0.1, 0.15) is 52.1 Å². The van der Waals surface area contributed by atoms with Gasteiger partial charge in [-0.05, 0) is 70.9 Å². The van der Waals surface area contributed by atoms with Crippen LogP contribution in [0.25, 0.3) is 0 Å². The Morgan fingerprint density at radius 2 is 1.87 bits per heavy atom. The molecular formula is C22H30FN3O3S. The molecule has 164 valence electrons. The monoisotopic (exact) mass is 435 g/mol. The molecule has 6 nitrogen and oxygen atoms in total. The van der Waals surface area contributed by atoms with E-state index in [1.165, 1.54) is 24.4 Å². The van der Waals surface area contributed by atoms with Crippen molar-refractivity contribution in [3.05, 3.63) is 47.9 Å². The summed E-state index contributed by atoms with van der Waals surface area (Å²) in [6.07, 6.45) is 2.58. The topological polar surface area (TPSA) is 82.5 Å². The minimum Gasteiger partial charge on any atom is -0.393 e. The highest BCUT2D eigenvalue weighted by Gasteiger charge is 2.32. The van der Waals surface area contributed by atoms with Crippen molar-refractivity contribution in [2.75, 3.05) is 23.3 Å². The average Bonchev–Trinajstić information content (AvgIpc) is 2.68. The first-order valence-electron chi connectivity index (χ1n) is 10.2. The Morgan fingerprint density at radius 1 is 1.20 bits per heavy atom. The summed E-state index contributed by atoms with van der Waals surface area (Å²) in [5.74, 6) is -0.316. The number of halogens is 1. The van der Waals surface area contributed by atoms with Gasteiger partial charge in [0.25, 0.3) is 0 Å². The summed E-state index contributed by atoms with van der Waals surface area (Å²) in [6.45, 7) is 8.29. The molecule has 1 fully saturated rings. The van der Waals surface area contributed by atoms with E-state index in [-0.39, 0.29) is 23.0 Å². The second-order valence-corrected chi connectivity index (χ2v) is 11.4. The summed E-state index contributed by atoms with van der Waals surface area (Å²) in [7, 11) is -3.52. The van der Waals surface area contributed by atoms with Crippen molar-refractivity contribution in [1.29, 1.82) is 0 Å². The third kappa shape index (κ3) is 4.75. The number of piperidine rings is 1. The number of rotatable bonds is 5. The van der Waals surface area contributed by atoms with Crippen molar-refractivity contribution in [1.82, 2.24) is 4.98 Å². The Labute approximate surface area is 178 Å². The number of sulfone groups is 1. The number of hydrogen-bond acceptors (Lipinski definition) is 6. The highest BCUT2D eigenvalue weighted by Crippen LogP contribution is 2.32. The third-order valence-electron chi connectivity index (χ3n) is 5.46. The molecule has 1 aromatic heterocycles. The van der Waals surface area contributed by atoms with Crippen LogP contribution in [-0.2, 0) is 9.84 Å². The van der Waals surface area contributed by atoms with Crippen molar-refractivity contribution in [2.45, 2.75) is 62.5 Å². The molecule has 0 radical (unpaired) electrons. The van der Waals surface area contributed by atoms with Gasteiger partial charge in [0, 0.05) is 24.3 Å². The molecule has 2 heterocycles. The maximum atomic E-state index is 14.0. The zero-order valence-electron chi connectivity index (χ0n) is 17.9. The number of anilines is 2. The Morgan fingerprint density at radius 3 is 2.43 bits per heavy atom. The van der Waals surface area contributed by atoms with Gasteiger partial charge < -0.3 is 15.3 Å². The standard InChI is InChI=1S/C22H30FN3O3S/c1-15(25-17-6-8-21(24-14-17)30(28,29)22(2,3)4)19-13-16(23)5-7-20(19)26-11-9-18(27)10-12-26/h5-8,13-15,18,25,27H,9-12H2,1-4H3. The van der Waals surface area contributed by atoms with Gasteiger partial charge in [-0.2, -0.15) is 0 Å². The maximum Gasteiger partial charge on any atom is 0.200 e. The highest BCUT2D eigenvalue weighted by molar-refractivity contribution is 7.92. The van der Waals surface area contributed by atoms with Crippen LogP contribution in [0.4, 0.5) is 15.8 Å². The Bertz CT molecular complexity index is 980. The number of nitrogens with one attached hydrogen (secondary N) is 1. The molecule has 1 saturated heterocycles. The van der Waals surface area contributed by atoms with Crippen molar-refractivity contribution in [3.63, 3.8) is 0 Å². The van der Waals surface area contributed by atoms with Gasteiger partial charge in [-0.15, -0.1) is 0 Å². The van der Waals surface area contributed by atoms with Crippen LogP contribution >= 0.6 is 0 Å². The minimum atomic E-state index is -3.52. The summed E-state index contributed by atoms with van der Waals surface area (Å²) in [4.78, 5) is 6.30. The molecule has 0 amide bonds. The molecule has 1 aliphatic rings. The lowest BCUT2D eigenvalue weighted by Gasteiger charge is -2.34. The molecule has 1 atom stereocenters. The summed E-state index contributed by atoms with van der Waals surface area (Å²) < 4.78 is 38.2. The highest BCUT2D eigenvalue weighted by atomic mass is 32.2. The first-order valence-corrected chi connectivity index (χ1v) is 11.7. The van der Waals surface area contributed by atoms with Crippen LogP contribution in [-0.4, -0.2) is 42.4 Å². The van der Waals surface area contributed by atoms with Gasteiger partial charge in [-0.3, -0.25) is 0 Å². The molecule has 0 aliphatic carbocycles. The Balaban J connectivity index is 1.81. The molecule has 1 unspecified atom stereocenters. The number of aliphatic hydroxyl groups excluding tert-OH is 1. The molecule has 0 spiro atoms. The first kappa shape index (κ1) is 22.5. The largest absolute Gasteiger partial charge is 0.393 e. The van der Waals surface area contributed by atoms with Gasteiger partial charge in [0.1, 0.15) is 5.82 Å². The van der Waals surface area contributed by atoms with Gasteiger partial charge in [-0.1, -0.05) is 0 Å². The summed E-state index contributed by atoms with van der Waals surface area (Å²) in [5, 5.41) is 13.1.